The van der Waals surface area contributed by atoms with Gasteiger partial charge in [0.2, 0.25) is 5.75 Å². The second-order valence-corrected chi connectivity index (χ2v) is 5.19. The number of benzene rings is 1. The first-order chi connectivity index (χ1) is 6.73. The van der Waals surface area contributed by atoms with Crippen LogP contribution in [0.3, 0.4) is 0 Å². The second kappa shape index (κ2) is 3.81. The number of phenolic OH excluding ortho intramolecular Hbond substituents is 1. The van der Waals surface area contributed by atoms with Crippen LogP contribution in [0, 0.1) is 10.1 Å². The molecule has 1 N–H and O–H groups in total. The number of phenols is 1. The fourth-order valence-electron chi connectivity index (χ4n) is 1.16. The van der Waals surface area contributed by atoms with E-state index in [9.17, 15) is 15.2 Å². The highest BCUT2D eigenvalue weighted by atomic mass is 79.9. The zero-order valence-corrected chi connectivity index (χ0v) is 10.3. The van der Waals surface area contributed by atoms with Gasteiger partial charge in [0.05, 0.1) is 9.40 Å². The van der Waals surface area contributed by atoms with Crippen molar-refractivity contribution in [3.05, 3.63) is 32.3 Å². The highest BCUT2D eigenvalue weighted by molar-refractivity contribution is 9.10. The van der Waals surface area contributed by atoms with Crippen LogP contribution in [0.2, 0.25) is 0 Å². The van der Waals surface area contributed by atoms with E-state index >= 15 is 0 Å². The summed E-state index contributed by atoms with van der Waals surface area (Å²) < 4.78 is 0.349. The quantitative estimate of drug-likeness (QED) is 0.630. The lowest BCUT2D eigenvalue weighted by molar-refractivity contribution is -0.386. The van der Waals surface area contributed by atoms with Crippen molar-refractivity contribution in [2.75, 3.05) is 0 Å². The van der Waals surface area contributed by atoms with Crippen molar-refractivity contribution in [1.29, 1.82) is 0 Å². The van der Waals surface area contributed by atoms with Crippen molar-refractivity contribution in [3.8, 4) is 5.75 Å². The van der Waals surface area contributed by atoms with Gasteiger partial charge in [0.1, 0.15) is 0 Å². The first kappa shape index (κ1) is 12.0. The molecule has 1 rings (SSSR count). The lowest BCUT2D eigenvalue weighted by atomic mass is 9.87. The van der Waals surface area contributed by atoms with E-state index in [-0.39, 0.29) is 16.9 Å². The third kappa shape index (κ3) is 2.47. The van der Waals surface area contributed by atoms with Crippen LogP contribution in [-0.2, 0) is 5.41 Å². The molecule has 0 aliphatic heterocycles. The highest BCUT2D eigenvalue weighted by Gasteiger charge is 2.23. The van der Waals surface area contributed by atoms with Gasteiger partial charge in [-0.25, -0.2) is 0 Å². The summed E-state index contributed by atoms with van der Waals surface area (Å²) in [6, 6.07) is 3.10. The maximum Gasteiger partial charge on any atom is 0.312 e. The molecule has 5 heteroatoms. The molecule has 0 heterocycles. The SMILES string of the molecule is CC(C)(C)c1cc(Br)c(O)c([N+](=O)[O-])c1. The second-order valence-electron chi connectivity index (χ2n) is 4.33. The first-order valence-electron chi connectivity index (χ1n) is 4.41. The van der Waals surface area contributed by atoms with E-state index in [1.54, 1.807) is 6.07 Å². The molecule has 0 bridgehead atoms. The number of nitro benzene ring substituents is 1. The van der Waals surface area contributed by atoms with Crippen molar-refractivity contribution in [1.82, 2.24) is 0 Å². The smallest absolute Gasteiger partial charge is 0.312 e. The van der Waals surface area contributed by atoms with Crippen LogP contribution in [-0.4, -0.2) is 10.0 Å². The number of halogens is 1. The van der Waals surface area contributed by atoms with Crippen LogP contribution in [0.1, 0.15) is 26.3 Å². The topological polar surface area (TPSA) is 63.4 Å². The number of aromatic hydroxyl groups is 1. The molecular formula is C10H12BrNO3. The Bertz CT molecular complexity index is 410. The van der Waals surface area contributed by atoms with Crippen molar-refractivity contribution < 1.29 is 10.0 Å². The van der Waals surface area contributed by atoms with E-state index in [1.165, 1.54) is 6.07 Å². The molecule has 4 nitrogen and oxygen atoms in total. The Kier molecular flexibility index (Phi) is 3.04. The van der Waals surface area contributed by atoms with Crippen LogP contribution < -0.4 is 0 Å². The summed E-state index contributed by atoms with van der Waals surface area (Å²) in [5.74, 6) is -0.326. The molecule has 0 amide bonds. The Morgan fingerprint density at radius 3 is 2.33 bits per heavy atom. The molecule has 0 spiro atoms. The molecule has 1 aromatic rings. The molecule has 0 fully saturated rings. The van der Waals surface area contributed by atoms with Crippen LogP contribution >= 0.6 is 15.9 Å². The summed E-state index contributed by atoms with van der Waals surface area (Å²) >= 11 is 3.10. The maximum absolute atomic E-state index is 10.7. The molecule has 82 valence electrons. The van der Waals surface area contributed by atoms with Gasteiger partial charge in [-0.2, -0.15) is 0 Å². The third-order valence-corrected chi connectivity index (χ3v) is 2.71. The molecule has 0 atom stereocenters. The van der Waals surface area contributed by atoms with Gasteiger partial charge in [-0.1, -0.05) is 20.8 Å². The van der Waals surface area contributed by atoms with Gasteiger partial charge in [0.15, 0.2) is 0 Å². The minimum Gasteiger partial charge on any atom is -0.501 e. The summed E-state index contributed by atoms with van der Waals surface area (Å²) in [5.41, 5.74) is 0.342. The van der Waals surface area contributed by atoms with Crippen molar-refractivity contribution in [2.24, 2.45) is 0 Å². The number of nitro groups is 1. The van der Waals surface area contributed by atoms with Crippen molar-refractivity contribution >= 4 is 21.6 Å². The standard InChI is InChI=1S/C10H12BrNO3/c1-10(2,3)6-4-7(11)9(13)8(5-6)12(14)15/h4-5,13H,1-3H3. The summed E-state index contributed by atoms with van der Waals surface area (Å²) in [7, 11) is 0. The highest BCUT2D eigenvalue weighted by Crippen LogP contribution is 2.38. The molecule has 0 aromatic heterocycles. The Morgan fingerprint density at radius 2 is 1.93 bits per heavy atom. The van der Waals surface area contributed by atoms with Gasteiger partial charge in [0, 0.05) is 6.07 Å². The Morgan fingerprint density at radius 1 is 1.40 bits per heavy atom. The normalized spacial score (nSPS) is 11.5. The van der Waals surface area contributed by atoms with E-state index in [4.69, 9.17) is 0 Å². The predicted octanol–water partition coefficient (Wildman–Crippen LogP) is 3.36. The summed E-state index contributed by atoms with van der Waals surface area (Å²) in [5, 5.41) is 20.1. The predicted molar refractivity (Wildman–Crippen MR) is 61.2 cm³/mol. The molecule has 0 aliphatic carbocycles. The van der Waals surface area contributed by atoms with Crippen LogP contribution in [0.4, 0.5) is 5.69 Å². The Balaban J connectivity index is 3.43. The van der Waals surface area contributed by atoms with Gasteiger partial charge in [-0.15, -0.1) is 0 Å². The molecular weight excluding hydrogens is 262 g/mol. The molecule has 0 unspecified atom stereocenters. The fraction of sp³-hybridized carbons (Fsp3) is 0.400. The fourth-order valence-corrected chi connectivity index (χ4v) is 1.61. The minimum atomic E-state index is -0.588. The molecule has 15 heavy (non-hydrogen) atoms. The van der Waals surface area contributed by atoms with Gasteiger partial charge in [-0.05, 0) is 33.0 Å². The number of hydrogen-bond donors (Lipinski definition) is 1. The molecule has 0 saturated heterocycles. The van der Waals surface area contributed by atoms with Gasteiger partial charge < -0.3 is 5.11 Å². The average molecular weight is 274 g/mol. The molecule has 0 saturated carbocycles. The van der Waals surface area contributed by atoms with E-state index in [2.05, 4.69) is 15.9 Å². The summed E-state index contributed by atoms with van der Waals surface area (Å²) in [4.78, 5) is 10.1. The van der Waals surface area contributed by atoms with Gasteiger partial charge in [-0.3, -0.25) is 10.1 Å². The lowest BCUT2D eigenvalue weighted by Crippen LogP contribution is -2.11. The van der Waals surface area contributed by atoms with Crippen LogP contribution in [0.15, 0.2) is 16.6 Å². The van der Waals surface area contributed by atoms with E-state index in [0.29, 0.717) is 4.47 Å². The Hall–Kier alpha value is -1.10. The number of hydrogen-bond acceptors (Lipinski definition) is 3. The monoisotopic (exact) mass is 273 g/mol. The maximum atomic E-state index is 10.7. The summed E-state index contributed by atoms with van der Waals surface area (Å²) in [6.07, 6.45) is 0. The average Bonchev–Trinajstić information content (AvgIpc) is 2.06. The zero-order valence-electron chi connectivity index (χ0n) is 8.74. The molecule has 0 radical (unpaired) electrons. The third-order valence-electron chi connectivity index (χ3n) is 2.11. The van der Waals surface area contributed by atoms with Crippen molar-refractivity contribution in [2.45, 2.75) is 26.2 Å². The van der Waals surface area contributed by atoms with Crippen molar-refractivity contribution in [3.63, 3.8) is 0 Å². The van der Waals surface area contributed by atoms with Gasteiger partial charge in [0.25, 0.3) is 0 Å². The first-order valence-corrected chi connectivity index (χ1v) is 5.20. The largest absolute Gasteiger partial charge is 0.501 e. The van der Waals surface area contributed by atoms with E-state index in [1.807, 2.05) is 20.8 Å². The number of rotatable bonds is 1. The van der Waals surface area contributed by atoms with Crippen LogP contribution in [0.25, 0.3) is 0 Å². The zero-order chi connectivity index (χ0) is 11.8. The van der Waals surface area contributed by atoms with Crippen LogP contribution in [0.5, 0.6) is 5.75 Å². The Labute approximate surface area is 96.2 Å². The summed E-state index contributed by atoms with van der Waals surface area (Å²) in [6.45, 7) is 5.86. The minimum absolute atomic E-state index is 0.193. The van der Waals surface area contributed by atoms with E-state index in [0.717, 1.165) is 5.56 Å². The van der Waals surface area contributed by atoms with Gasteiger partial charge >= 0.3 is 5.69 Å². The molecule has 0 aliphatic rings. The molecule has 1 aromatic carbocycles. The number of nitrogens with zero attached hydrogens (tertiary/aromatic N) is 1. The van der Waals surface area contributed by atoms with E-state index < -0.39 is 4.92 Å². The lowest BCUT2D eigenvalue weighted by Gasteiger charge is -2.19.